The predicted octanol–water partition coefficient (Wildman–Crippen LogP) is 4.18. The molecule has 0 bridgehead atoms. The summed E-state index contributed by atoms with van der Waals surface area (Å²) < 4.78 is 35.4. The molecule has 36 heavy (non-hydrogen) atoms. The quantitative estimate of drug-likeness (QED) is 0.403. The van der Waals surface area contributed by atoms with Gasteiger partial charge in [-0.05, 0) is 37.5 Å². The maximum atomic E-state index is 14.9. The van der Waals surface area contributed by atoms with Crippen LogP contribution in [0.4, 0.5) is 20.5 Å². The van der Waals surface area contributed by atoms with Crippen LogP contribution >= 0.6 is 0 Å². The van der Waals surface area contributed by atoms with Gasteiger partial charge < -0.3 is 15.4 Å². The first-order chi connectivity index (χ1) is 17.4. The molecule has 0 amide bonds. The zero-order chi connectivity index (χ0) is 25.2. The minimum absolute atomic E-state index is 0.0926. The third kappa shape index (κ3) is 4.58. The van der Waals surface area contributed by atoms with Crippen molar-refractivity contribution in [3.05, 3.63) is 65.7 Å². The van der Waals surface area contributed by atoms with Gasteiger partial charge in [0.2, 0.25) is 5.95 Å². The SMILES string of the molecule is CCOC(=O)C1CCCN(c2nc(-c3ccc(F)cc3F)c3c(N)n(Cc4ccccc4)nc3n2)C1. The van der Waals surface area contributed by atoms with Crippen LogP contribution in [-0.4, -0.2) is 45.4 Å². The molecule has 2 aromatic heterocycles. The Balaban J connectivity index is 1.62. The summed E-state index contributed by atoms with van der Waals surface area (Å²) in [7, 11) is 0. The normalized spacial score (nSPS) is 15.9. The summed E-state index contributed by atoms with van der Waals surface area (Å²) in [5.74, 6) is -1.45. The first kappa shape index (κ1) is 23.7. The number of nitrogens with zero attached hydrogens (tertiary/aromatic N) is 5. The van der Waals surface area contributed by atoms with Gasteiger partial charge in [0.1, 0.15) is 17.5 Å². The van der Waals surface area contributed by atoms with Crippen molar-refractivity contribution in [1.82, 2.24) is 19.7 Å². The molecule has 1 unspecified atom stereocenters. The zero-order valence-corrected chi connectivity index (χ0v) is 19.8. The maximum Gasteiger partial charge on any atom is 0.310 e. The van der Waals surface area contributed by atoms with E-state index in [-0.39, 0.29) is 29.0 Å². The predicted molar refractivity (Wildman–Crippen MR) is 132 cm³/mol. The average Bonchev–Trinajstić information content (AvgIpc) is 3.19. The highest BCUT2D eigenvalue weighted by atomic mass is 19.1. The Kier molecular flexibility index (Phi) is 6.49. The molecule has 1 fully saturated rings. The van der Waals surface area contributed by atoms with Gasteiger partial charge in [-0.1, -0.05) is 30.3 Å². The first-order valence-electron chi connectivity index (χ1n) is 11.9. The number of rotatable bonds is 6. The van der Waals surface area contributed by atoms with E-state index in [2.05, 4.69) is 15.1 Å². The van der Waals surface area contributed by atoms with Gasteiger partial charge in [-0.3, -0.25) is 4.79 Å². The Morgan fingerprint density at radius 2 is 1.97 bits per heavy atom. The average molecular weight is 493 g/mol. The van der Waals surface area contributed by atoms with Crippen LogP contribution in [0.2, 0.25) is 0 Å². The molecule has 1 aliphatic heterocycles. The van der Waals surface area contributed by atoms with E-state index >= 15 is 0 Å². The van der Waals surface area contributed by atoms with Crippen molar-refractivity contribution in [3.63, 3.8) is 0 Å². The Morgan fingerprint density at radius 1 is 1.17 bits per heavy atom. The highest BCUT2D eigenvalue weighted by molar-refractivity contribution is 5.99. The monoisotopic (exact) mass is 492 g/mol. The fourth-order valence-corrected chi connectivity index (χ4v) is 4.55. The minimum Gasteiger partial charge on any atom is -0.466 e. The molecule has 0 radical (unpaired) electrons. The van der Waals surface area contributed by atoms with E-state index in [1.807, 2.05) is 35.2 Å². The van der Waals surface area contributed by atoms with Crippen LogP contribution in [-0.2, 0) is 16.1 Å². The van der Waals surface area contributed by atoms with E-state index < -0.39 is 11.6 Å². The lowest BCUT2D eigenvalue weighted by Crippen LogP contribution is -2.40. The van der Waals surface area contributed by atoms with Crippen molar-refractivity contribution in [1.29, 1.82) is 0 Å². The summed E-state index contributed by atoms with van der Waals surface area (Å²) in [5.41, 5.74) is 8.07. The number of hydrogen-bond donors (Lipinski definition) is 1. The molecule has 0 spiro atoms. The Hall–Kier alpha value is -4.08. The number of hydrogen-bond acceptors (Lipinski definition) is 7. The van der Waals surface area contributed by atoms with Crippen molar-refractivity contribution in [2.24, 2.45) is 5.92 Å². The second-order valence-corrected chi connectivity index (χ2v) is 8.76. The number of piperidine rings is 1. The lowest BCUT2D eigenvalue weighted by Gasteiger charge is -2.31. The van der Waals surface area contributed by atoms with E-state index in [9.17, 15) is 13.6 Å². The largest absolute Gasteiger partial charge is 0.466 e. The summed E-state index contributed by atoms with van der Waals surface area (Å²) in [5, 5.41) is 4.99. The smallest absolute Gasteiger partial charge is 0.310 e. The number of ether oxygens (including phenoxy) is 1. The Labute approximate surface area is 206 Å². The van der Waals surface area contributed by atoms with Crippen LogP contribution in [0.1, 0.15) is 25.3 Å². The van der Waals surface area contributed by atoms with E-state index in [1.54, 1.807) is 11.6 Å². The van der Waals surface area contributed by atoms with Crippen LogP contribution in [0.15, 0.2) is 48.5 Å². The maximum absolute atomic E-state index is 14.9. The molecule has 1 aliphatic rings. The van der Waals surface area contributed by atoms with Crippen molar-refractivity contribution in [3.8, 4) is 11.3 Å². The van der Waals surface area contributed by atoms with Crippen LogP contribution in [0.5, 0.6) is 0 Å². The van der Waals surface area contributed by atoms with E-state index in [0.29, 0.717) is 49.6 Å². The molecule has 2 aromatic carbocycles. The second kappa shape index (κ2) is 9.88. The molecule has 1 saturated heterocycles. The van der Waals surface area contributed by atoms with Crippen molar-refractivity contribution >= 4 is 28.8 Å². The molecular weight excluding hydrogens is 466 g/mol. The van der Waals surface area contributed by atoms with Gasteiger partial charge in [-0.25, -0.2) is 18.4 Å². The van der Waals surface area contributed by atoms with Gasteiger partial charge in [-0.15, -0.1) is 5.10 Å². The molecule has 2 N–H and O–H groups in total. The van der Waals surface area contributed by atoms with Crippen molar-refractivity contribution in [2.75, 3.05) is 30.3 Å². The fourth-order valence-electron chi connectivity index (χ4n) is 4.55. The van der Waals surface area contributed by atoms with Gasteiger partial charge in [0.05, 0.1) is 30.1 Å². The van der Waals surface area contributed by atoms with E-state index in [4.69, 9.17) is 10.5 Å². The Bertz CT molecular complexity index is 1410. The highest BCUT2D eigenvalue weighted by Crippen LogP contribution is 2.35. The lowest BCUT2D eigenvalue weighted by molar-refractivity contribution is -0.148. The molecule has 10 heteroatoms. The van der Waals surface area contributed by atoms with Crippen LogP contribution in [0.3, 0.4) is 0 Å². The number of carbonyl (C=O) groups excluding carboxylic acids is 1. The number of benzene rings is 2. The fraction of sp³-hybridized carbons (Fsp3) is 0.308. The second-order valence-electron chi connectivity index (χ2n) is 8.76. The van der Waals surface area contributed by atoms with Gasteiger partial charge >= 0.3 is 5.97 Å². The molecule has 8 nitrogen and oxygen atoms in total. The third-order valence-corrected chi connectivity index (χ3v) is 6.31. The van der Waals surface area contributed by atoms with Crippen molar-refractivity contribution in [2.45, 2.75) is 26.3 Å². The standard InChI is InChI=1S/C26H26F2N6O2/c1-2-36-25(35)17-9-6-12-33(15-17)26-30-22(19-11-10-18(27)13-20(19)28)21-23(29)34(32-24(21)31-26)14-16-7-4-3-5-8-16/h3-5,7-8,10-11,13,17H,2,6,9,12,14-15,29H2,1H3. The first-order valence-corrected chi connectivity index (χ1v) is 11.9. The lowest BCUT2D eigenvalue weighted by atomic mass is 9.98. The molecule has 0 aliphatic carbocycles. The molecule has 4 aromatic rings. The van der Waals surface area contributed by atoms with Gasteiger partial charge in [0, 0.05) is 24.7 Å². The number of halogens is 2. The number of esters is 1. The molecule has 5 rings (SSSR count). The van der Waals surface area contributed by atoms with Gasteiger partial charge in [0.25, 0.3) is 0 Å². The van der Waals surface area contributed by atoms with E-state index in [0.717, 1.165) is 18.1 Å². The van der Waals surface area contributed by atoms with Crippen LogP contribution in [0.25, 0.3) is 22.3 Å². The molecule has 1 atom stereocenters. The van der Waals surface area contributed by atoms with E-state index in [1.165, 1.54) is 12.1 Å². The highest BCUT2D eigenvalue weighted by Gasteiger charge is 2.30. The number of carbonyl (C=O) groups is 1. The molecule has 0 saturated carbocycles. The summed E-state index contributed by atoms with van der Waals surface area (Å²) in [6.45, 7) is 3.46. The number of aromatic nitrogens is 4. The number of nitrogen functional groups attached to an aromatic ring is 1. The van der Waals surface area contributed by atoms with Crippen LogP contribution in [0, 0.1) is 17.6 Å². The molecular formula is C26H26F2N6O2. The van der Waals surface area contributed by atoms with Gasteiger partial charge in [-0.2, -0.15) is 4.98 Å². The zero-order valence-electron chi connectivity index (χ0n) is 19.8. The van der Waals surface area contributed by atoms with Crippen molar-refractivity contribution < 1.29 is 18.3 Å². The summed E-state index contributed by atoms with van der Waals surface area (Å²) in [6, 6.07) is 13.0. The number of fused-ring (bicyclic) bond motifs is 1. The summed E-state index contributed by atoms with van der Waals surface area (Å²) >= 11 is 0. The minimum atomic E-state index is -0.765. The topological polar surface area (TPSA) is 99.2 Å². The Morgan fingerprint density at radius 3 is 2.72 bits per heavy atom. The molecule has 3 heterocycles. The molecule has 186 valence electrons. The van der Waals surface area contributed by atoms with Gasteiger partial charge in [0.15, 0.2) is 5.65 Å². The number of anilines is 2. The summed E-state index contributed by atoms with van der Waals surface area (Å²) in [6.07, 6.45) is 1.45. The summed E-state index contributed by atoms with van der Waals surface area (Å²) in [4.78, 5) is 23.6. The van der Waals surface area contributed by atoms with Crippen LogP contribution < -0.4 is 10.6 Å². The number of nitrogens with two attached hydrogens (primary N) is 1. The third-order valence-electron chi connectivity index (χ3n) is 6.31.